The third-order valence-corrected chi connectivity index (χ3v) is 5.05. The monoisotopic (exact) mass is 464 g/mol. The summed E-state index contributed by atoms with van der Waals surface area (Å²) in [4.78, 5) is 25.7. The summed E-state index contributed by atoms with van der Waals surface area (Å²) in [6, 6.07) is 1.64. The van der Waals surface area contributed by atoms with Crippen LogP contribution in [-0.2, 0) is 14.3 Å². The van der Waals surface area contributed by atoms with Gasteiger partial charge in [-0.2, -0.15) is 0 Å². The van der Waals surface area contributed by atoms with Crippen LogP contribution >= 0.6 is 31.9 Å². The van der Waals surface area contributed by atoms with Gasteiger partial charge in [-0.1, -0.05) is 15.9 Å². The number of aliphatic hydroxyl groups is 1. The molecule has 0 atom stereocenters. The van der Waals surface area contributed by atoms with Gasteiger partial charge < -0.3 is 20.1 Å². The normalized spacial score (nSPS) is 14.4. The van der Waals surface area contributed by atoms with E-state index in [1.165, 1.54) is 12.0 Å². The van der Waals surface area contributed by atoms with Crippen LogP contribution in [0.15, 0.2) is 26.3 Å². The van der Waals surface area contributed by atoms with E-state index in [0.717, 1.165) is 0 Å². The molecule has 0 aromatic heterocycles. The first-order chi connectivity index (χ1) is 11.3. The van der Waals surface area contributed by atoms with Crippen molar-refractivity contribution in [3.63, 3.8) is 0 Å². The predicted molar refractivity (Wildman–Crippen MR) is 92.9 cm³/mol. The standard InChI is InChI=1S/C15H15Br2FN2O4/c1-7-9(16)5-10(17)13(11(7)18)19-12-8(15(23)24-2)6-20(3-4-21)14(12)22/h5,19,21H,3-4,6H2,1-2H3. The van der Waals surface area contributed by atoms with Crippen LogP contribution in [0.2, 0.25) is 0 Å². The Morgan fingerprint density at radius 3 is 2.71 bits per heavy atom. The number of carbonyl (C=O) groups is 2. The molecule has 0 unspecified atom stereocenters. The van der Waals surface area contributed by atoms with E-state index in [9.17, 15) is 14.0 Å². The second kappa shape index (κ2) is 7.62. The fourth-order valence-corrected chi connectivity index (χ4v) is 3.49. The van der Waals surface area contributed by atoms with Gasteiger partial charge in [-0.3, -0.25) is 4.79 Å². The van der Waals surface area contributed by atoms with E-state index >= 15 is 0 Å². The first-order valence-electron chi connectivity index (χ1n) is 6.94. The van der Waals surface area contributed by atoms with E-state index in [1.807, 2.05) is 0 Å². The van der Waals surface area contributed by atoms with Crippen molar-refractivity contribution in [1.82, 2.24) is 4.90 Å². The van der Waals surface area contributed by atoms with Crippen LogP contribution in [0.5, 0.6) is 0 Å². The van der Waals surface area contributed by atoms with E-state index in [1.54, 1.807) is 13.0 Å². The molecule has 0 saturated carbocycles. The van der Waals surface area contributed by atoms with Crippen LogP contribution < -0.4 is 5.32 Å². The molecule has 1 heterocycles. The van der Waals surface area contributed by atoms with Crippen LogP contribution in [0.4, 0.5) is 10.1 Å². The molecule has 1 amide bonds. The van der Waals surface area contributed by atoms with Gasteiger partial charge in [0.15, 0.2) is 5.82 Å². The summed E-state index contributed by atoms with van der Waals surface area (Å²) < 4.78 is 20.2. The van der Waals surface area contributed by atoms with Crippen LogP contribution in [0.3, 0.4) is 0 Å². The van der Waals surface area contributed by atoms with E-state index in [0.29, 0.717) is 14.5 Å². The number of esters is 1. The Kier molecular flexibility index (Phi) is 6.00. The van der Waals surface area contributed by atoms with Crippen LogP contribution in [0, 0.1) is 12.7 Å². The molecule has 0 saturated heterocycles. The number of carbonyl (C=O) groups excluding carboxylic acids is 2. The number of ether oxygens (including phenoxy) is 1. The molecular formula is C15H15Br2FN2O4. The van der Waals surface area contributed by atoms with E-state index in [2.05, 4.69) is 41.9 Å². The molecule has 1 aliphatic heterocycles. The van der Waals surface area contributed by atoms with Crippen LogP contribution in [0.1, 0.15) is 5.56 Å². The molecule has 1 aromatic carbocycles. The summed E-state index contributed by atoms with van der Waals surface area (Å²) in [5.41, 5.74) is 0.435. The van der Waals surface area contributed by atoms with Gasteiger partial charge in [0, 0.05) is 21.1 Å². The molecule has 0 radical (unpaired) electrons. The SMILES string of the molecule is COC(=O)C1=C(Nc2c(Br)cc(Br)c(C)c2F)C(=O)N(CCO)C1. The molecule has 130 valence electrons. The van der Waals surface area contributed by atoms with Crippen molar-refractivity contribution < 1.29 is 23.8 Å². The summed E-state index contributed by atoms with van der Waals surface area (Å²) >= 11 is 6.49. The second-order valence-electron chi connectivity index (χ2n) is 5.07. The second-order valence-corrected chi connectivity index (χ2v) is 6.78. The summed E-state index contributed by atoms with van der Waals surface area (Å²) in [5.74, 6) is -1.74. The van der Waals surface area contributed by atoms with Gasteiger partial charge in [-0.15, -0.1) is 0 Å². The summed E-state index contributed by atoms with van der Waals surface area (Å²) in [6.07, 6.45) is 0. The zero-order chi connectivity index (χ0) is 18.0. The zero-order valence-electron chi connectivity index (χ0n) is 13.0. The van der Waals surface area contributed by atoms with Gasteiger partial charge in [0.2, 0.25) is 0 Å². The average molecular weight is 466 g/mol. The minimum atomic E-state index is -0.684. The number of β-amino-alcohol motifs (C(OH)–C–C–N with tert-alkyl or cyclic N) is 1. The van der Waals surface area contributed by atoms with Crippen LogP contribution in [0.25, 0.3) is 0 Å². The van der Waals surface area contributed by atoms with Gasteiger partial charge in [-0.25, -0.2) is 9.18 Å². The largest absolute Gasteiger partial charge is 0.466 e. The number of methoxy groups -OCH3 is 1. The summed E-state index contributed by atoms with van der Waals surface area (Å²) in [5, 5.41) is 11.7. The molecule has 0 bridgehead atoms. The fourth-order valence-electron chi connectivity index (χ4n) is 2.28. The number of nitrogens with zero attached hydrogens (tertiary/aromatic N) is 1. The Bertz CT molecular complexity index is 737. The van der Waals surface area contributed by atoms with Crippen molar-refractivity contribution in [3.8, 4) is 0 Å². The lowest BCUT2D eigenvalue weighted by molar-refractivity contribution is -0.136. The number of rotatable bonds is 5. The Morgan fingerprint density at radius 1 is 1.46 bits per heavy atom. The summed E-state index contributed by atoms with van der Waals surface area (Å²) in [6.45, 7) is 1.39. The highest BCUT2D eigenvalue weighted by molar-refractivity contribution is 9.11. The lowest BCUT2D eigenvalue weighted by Crippen LogP contribution is -2.31. The lowest BCUT2D eigenvalue weighted by atomic mass is 10.2. The average Bonchev–Trinajstić information content (AvgIpc) is 2.85. The first-order valence-corrected chi connectivity index (χ1v) is 8.53. The van der Waals surface area contributed by atoms with Crippen LogP contribution in [-0.4, -0.2) is 48.7 Å². The van der Waals surface area contributed by atoms with E-state index in [4.69, 9.17) is 5.11 Å². The number of hydrogen-bond acceptors (Lipinski definition) is 5. The topological polar surface area (TPSA) is 78.9 Å². The minimum absolute atomic E-state index is 0.0108. The predicted octanol–water partition coefficient (Wildman–Crippen LogP) is 2.33. The Hall–Kier alpha value is -1.45. The Balaban J connectivity index is 2.47. The van der Waals surface area contributed by atoms with Gasteiger partial charge in [0.25, 0.3) is 5.91 Å². The van der Waals surface area contributed by atoms with Crippen molar-refractivity contribution in [3.05, 3.63) is 37.7 Å². The number of benzene rings is 1. The maximum absolute atomic E-state index is 14.5. The van der Waals surface area contributed by atoms with Gasteiger partial charge in [-0.05, 0) is 28.9 Å². The molecule has 9 heteroatoms. The van der Waals surface area contributed by atoms with Crippen molar-refractivity contribution in [2.75, 3.05) is 32.1 Å². The fraction of sp³-hybridized carbons (Fsp3) is 0.333. The molecule has 1 aliphatic rings. The quantitative estimate of drug-likeness (QED) is 0.652. The molecule has 0 fully saturated rings. The van der Waals surface area contributed by atoms with Gasteiger partial charge >= 0.3 is 5.97 Å². The molecule has 0 spiro atoms. The van der Waals surface area contributed by atoms with Crippen molar-refractivity contribution in [2.24, 2.45) is 0 Å². The highest BCUT2D eigenvalue weighted by atomic mass is 79.9. The van der Waals surface area contributed by atoms with E-state index in [-0.39, 0.29) is 36.7 Å². The zero-order valence-corrected chi connectivity index (χ0v) is 16.1. The van der Waals surface area contributed by atoms with Crippen molar-refractivity contribution in [2.45, 2.75) is 6.92 Å². The van der Waals surface area contributed by atoms with Crippen molar-refractivity contribution in [1.29, 1.82) is 0 Å². The number of amides is 1. The maximum atomic E-state index is 14.5. The number of hydrogen-bond donors (Lipinski definition) is 2. The van der Waals surface area contributed by atoms with Gasteiger partial charge in [0.05, 0.1) is 31.5 Å². The molecule has 2 rings (SSSR count). The third kappa shape index (κ3) is 3.47. The molecule has 1 aromatic rings. The Morgan fingerprint density at radius 2 is 2.12 bits per heavy atom. The molecule has 24 heavy (non-hydrogen) atoms. The maximum Gasteiger partial charge on any atom is 0.337 e. The smallest absolute Gasteiger partial charge is 0.337 e. The molecule has 2 N–H and O–H groups in total. The molecule has 0 aliphatic carbocycles. The van der Waals surface area contributed by atoms with Gasteiger partial charge in [0.1, 0.15) is 5.70 Å². The molecule has 6 nitrogen and oxygen atoms in total. The number of aliphatic hydroxyl groups excluding tert-OH is 1. The number of anilines is 1. The highest BCUT2D eigenvalue weighted by Gasteiger charge is 2.35. The number of halogens is 3. The molecular weight excluding hydrogens is 451 g/mol. The Labute approximate surface area is 154 Å². The third-order valence-electron chi connectivity index (χ3n) is 3.60. The first kappa shape index (κ1) is 18.9. The minimum Gasteiger partial charge on any atom is -0.466 e. The van der Waals surface area contributed by atoms with E-state index < -0.39 is 17.7 Å². The highest BCUT2D eigenvalue weighted by Crippen LogP contribution is 2.35. The lowest BCUT2D eigenvalue weighted by Gasteiger charge is -2.16. The van der Waals surface area contributed by atoms with Crippen molar-refractivity contribution >= 4 is 49.4 Å². The summed E-state index contributed by atoms with van der Waals surface area (Å²) in [7, 11) is 1.20. The number of nitrogens with one attached hydrogen (secondary N) is 1.